The van der Waals surface area contributed by atoms with Gasteiger partial charge in [0.05, 0.1) is 55.8 Å². The number of nitrogens with zero attached hydrogens (tertiary/aromatic N) is 5. The van der Waals surface area contributed by atoms with Crippen LogP contribution in [0.4, 0.5) is 0 Å². The number of benzene rings is 1. The average Bonchev–Trinajstić information content (AvgIpc) is 1.76. The quantitative estimate of drug-likeness (QED) is 0.0680. The second-order valence-corrected chi connectivity index (χ2v) is 23.4. The summed E-state index contributed by atoms with van der Waals surface area (Å²) in [7, 11) is 6.52. The van der Waals surface area contributed by atoms with Crippen LogP contribution in [0.2, 0.25) is 0 Å². The molecule has 0 unspecified atom stereocenters. The summed E-state index contributed by atoms with van der Waals surface area (Å²) in [4.78, 5) is 148. The van der Waals surface area contributed by atoms with Gasteiger partial charge in [-0.1, -0.05) is 90.3 Å². The highest BCUT2D eigenvalue weighted by Crippen LogP contribution is 2.53. The molecule has 23 heteroatoms. The third kappa shape index (κ3) is 17.9. The molecule has 462 valence electrons. The first kappa shape index (κ1) is 67.5. The molecule has 3 aliphatic heterocycles. The van der Waals surface area contributed by atoms with Crippen molar-refractivity contribution in [2.75, 3.05) is 61.1 Å². The Hall–Kier alpha value is -6.30. The zero-order valence-electron chi connectivity index (χ0n) is 50.9. The molecule has 8 amide bonds. The Morgan fingerprint density at radius 2 is 1.48 bits per heavy atom. The Kier molecular flexibility index (Phi) is 25.7. The van der Waals surface area contributed by atoms with Crippen molar-refractivity contribution >= 4 is 59.2 Å². The van der Waals surface area contributed by atoms with E-state index in [0.29, 0.717) is 63.4 Å². The first-order valence-electron chi connectivity index (χ1n) is 29.6. The number of carbonyl (C=O) groups is 10. The predicted octanol–water partition coefficient (Wildman–Crippen LogP) is 3.98. The topological polar surface area (TPSA) is 269 Å². The lowest BCUT2D eigenvalue weighted by atomic mass is 9.89. The molecule has 83 heavy (non-hydrogen) atoms. The largest absolute Gasteiger partial charge is 0.461 e. The van der Waals surface area contributed by atoms with Crippen molar-refractivity contribution in [3.8, 4) is 0 Å². The molecule has 1 aliphatic carbocycles. The fraction of sp³-hybridized carbons (Fsp3) is 0.700. The van der Waals surface area contributed by atoms with Crippen molar-refractivity contribution in [3.05, 3.63) is 48.0 Å². The number of amides is 8. The SMILES string of the molecule is CC[C@H](C)[C@@H]([C@@H](CC(=O)N1CCC[C@H]1[C@H](OC)[C@@H](C)C(=O)N[C@@]1(C(=O)N2CCCCO2)C[C@@H]1c1ccccc1)OC)N(C)C(=O)[C@@H](NC(=O)[C@H](C(C)C)N(C)CCCC(=O)O[C@H](C)CNC(=O)CCCC(=O)ON1C(=O)C=CC1=O)C(C)C. The monoisotopic (exact) mass is 1160 g/mol. The van der Waals surface area contributed by atoms with Crippen molar-refractivity contribution in [2.45, 2.75) is 186 Å². The molecule has 11 atom stereocenters. The molecular weight excluding hydrogens is 1070 g/mol. The number of nitrogens with one attached hydrogen (secondary N) is 3. The highest BCUT2D eigenvalue weighted by molar-refractivity contribution is 6.12. The van der Waals surface area contributed by atoms with Crippen LogP contribution in [-0.2, 0) is 71.8 Å². The first-order chi connectivity index (χ1) is 39.4. The lowest BCUT2D eigenvalue weighted by Crippen LogP contribution is -2.60. The lowest BCUT2D eigenvalue weighted by Gasteiger charge is -2.41. The molecule has 5 rings (SSSR count). The van der Waals surface area contributed by atoms with E-state index in [1.54, 1.807) is 37.7 Å². The molecule has 2 saturated heterocycles. The molecule has 1 saturated carbocycles. The third-order valence-electron chi connectivity index (χ3n) is 16.5. The maximum atomic E-state index is 14.8. The van der Waals surface area contributed by atoms with Gasteiger partial charge in [0.15, 0.2) is 0 Å². The number of ether oxygens (including phenoxy) is 3. The van der Waals surface area contributed by atoms with E-state index in [1.807, 2.05) is 76.8 Å². The number of methoxy groups -OCH3 is 2. The molecule has 4 aliphatic rings. The zero-order chi connectivity index (χ0) is 61.3. The maximum Gasteiger partial charge on any atom is 0.333 e. The molecule has 1 aromatic rings. The second kappa shape index (κ2) is 31.6. The molecule has 3 N–H and O–H groups in total. The van der Waals surface area contributed by atoms with Gasteiger partial charge < -0.3 is 44.8 Å². The summed E-state index contributed by atoms with van der Waals surface area (Å²) < 4.78 is 17.7. The first-order valence-corrected chi connectivity index (χ1v) is 29.6. The van der Waals surface area contributed by atoms with Gasteiger partial charge in [-0.25, -0.2) is 9.86 Å². The number of hydrogen-bond donors (Lipinski definition) is 3. The number of carbonyl (C=O) groups excluding carboxylic acids is 10. The van der Waals surface area contributed by atoms with Crippen molar-refractivity contribution < 1.29 is 71.8 Å². The third-order valence-corrected chi connectivity index (χ3v) is 16.5. The highest BCUT2D eigenvalue weighted by Gasteiger charge is 2.64. The van der Waals surface area contributed by atoms with Crippen LogP contribution in [0.25, 0.3) is 0 Å². The van der Waals surface area contributed by atoms with Gasteiger partial charge in [-0.3, -0.25) is 52.9 Å². The highest BCUT2D eigenvalue weighted by atomic mass is 16.7. The van der Waals surface area contributed by atoms with Crippen LogP contribution in [0.15, 0.2) is 42.5 Å². The minimum Gasteiger partial charge on any atom is -0.461 e. The summed E-state index contributed by atoms with van der Waals surface area (Å²) in [6.07, 6.45) is 3.99. The Bertz CT molecular complexity index is 2440. The van der Waals surface area contributed by atoms with Crippen molar-refractivity contribution in [1.82, 2.24) is 40.8 Å². The Morgan fingerprint density at radius 1 is 0.807 bits per heavy atom. The summed E-state index contributed by atoms with van der Waals surface area (Å²) >= 11 is 0. The van der Waals surface area contributed by atoms with E-state index in [1.165, 1.54) is 19.3 Å². The van der Waals surface area contributed by atoms with E-state index in [2.05, 4.69) is 16.0 Å². The van der Waals surface area contributed by atoms with E-state index in [9.17, 15) is 47.9 Å². The van der Waals surface area contributed by atoms with Gasteiger partial charge in [0.1, 0.15) is 17.7 Å². The van der Waals surface area contributed by atoms with Gasteiger partial charge in [-0.15, -0.1) is 0 Å². The van der Waals surface area contributed by atoms with Gasteiger partial charge in [0.2, 0.25) is 29.5 Å². The lowest BCUT2D eigenvalue weighted by molar-refractivity contribution is -0.200. The van der Waals surface area contributed by atoms with Gasteiger partial charge in [-0.2, -0.15) is 0 Å². The summed E-state index contributed by atoms with van der Waals surface area (Å²) in [5.74, 6) is -6.46. The number of esters is 1. The maximum absolute atomic E-state index is 14.8. The van der Waals surface area contributed by atoms with Crippen LogP contribution >= 0.6 is 0 Å². The zero-order valence-corrected chi connectivity index (χ0v) is 50.9. The van der Waals surface area contributed by atoms with Gasteiger partial charge in [-0.05, 0) is 88.8 Å². The fourth-order valence-corrected chi connectivity index (χ4v) is 11.7. The van der Waals surface area contributed by atoms with Crippen LogP contribution in [0.3, 0.4) is 0 Å². The number of likely N-dealkylation sites (N-methyl/N-ethyl adjacent to an activating group) is 2. The van der Waals surface area contributed by atoms with Gasteiger partial charge in [0, 0.05) is 71.7 Å². The van der Waals surface area contributed by atoms with Crippen molar-refractivity contribution in [2.24, 2.45) is 23.7 Å². The average molecular weight is 1170 g/mol. The Balaban J connectivity index is 1.14. The van der Waals surface area contributed by atoms with E-state index in [-0.39, 0.29) is 91.9 Å². The number of hydrogen-bond acceptors (Lipinski definition) is 16. The normalized spacial score (nSPS) is 21.7. The Morgan fingerprint density at radius 3 is 2.08 bits per heavy atom. The summed E-state index contributed by atoms with van der Waals surface area (Å²) in [6.45, 7) is 16.6. The second-order valence-electron chi connectivity index (χ2n) is 23.4. The van der Waals surface area contributed by atoms with Crippen LogP contribution in [-0.4, -0.2) is 193 Å². The Labute approximate surface area is 489 Å². The number of likely N-dealkylation sites (tertiary alicyclic amines) is 1. The summed E-state index contributed by atoms with van der Waals surface area (Å²) in [6, 6.07) is 7.01. The molecule has 0 radical (unpaired) electrons. The number of rotatable bonds is 32. The fourth-order valence-electron chi connectivity index (χ4n) is 11.7. The number of hydroxylamine groups is 4. The van der Waals surface area contributed by atoms with E-state index in [0.717, 1.165) is 30.6 Å². The van der Waals surface area contributed by atoms with E-state index < -0.39 is 83.6 Å². The van der Waals surface area contributed by atoms with Crippen LogP contribution in [0.5, 0.6) is 0 Å². The minimum absolute atomic E-state index is 0.0243. The van der Waals surface area contributed by atoms with Gasteiger partial charge in [0.25, 0.3) is 17.7 Å². The minimum atomic E-state index is -1.18. The molecule has 3 heterocycles. The smallest absolute Gasteiger partial charge is 0.333 e. The van der Waals surface area contributed by atoms with Gasteiger partial charge >= 0.3 is 11.9 Å². The molecule has 1 aromatic carbocycles. The molecule has 0 bridgehead atoms. The molecule has 0 aromatic heterocycles. The summed E-state index contributed by atoms with van der Waals surface area (Å²) in [5, 5.41) is 10.6. The van der Waals surface area contributed by atoms with Crippen LogP contribution in [0, 0.1) is 23.7 Å². The summed E-state index contributed by atoms with van der Waals surface area (Å²) in [5.41, 5.74) is -0.233. The number of imide groups is 1. The van der Waals surface area contributed by atoms with Crippen molar-refractivity contribution in [3.63, 3.8) is 0 Å². The molecule has 23 nitrogen and oxygen atoms in total. The van der Waals surface area contributed by atoms with E-state index in [4.69, 9.17) is 23.9 Å². The van der Waals surface area contributed by atoms with Crippen LogP contribution in [0.1, 0.15) is 144 Å². The molecule has 3 fully saturated rings. The van der Waals surface area contributed by atoms with Crippen LogP contribution < -0.4 is 16.0 Å². The van der Waals surface area contributed by atoms with Crippen molar-refractivity contribution in [1.29, 1.82) is 0 Å². The standard InChI is InChI=1S/C60H92N8O15/c1-13-39(6)54(45(79-11)34-49(72)66-31-20-24-44(66)55(80-12)41(8)56(75)63-60(59(78)67-32-17-18-33-81-67)35-43(60)42-22-15-14-16-23-42)65(10)58(77)52(37(2)3)62-57(76)53(38(4)5)64(9)30-21-27-50(73)82-40(7)36-61-46(69)25-19-26-51(74)83-68-47(70)28-29-48(68)71/h14-16,22-23,28-29,37-41,43-45,52-55H,13,17-21,24-27,30-36H2,1-12H3,(H,61,69)(H,62,76)(H,63,75)/t39-,40+,41+,43+,44-,45+,52-,53-,54-,55+,60-/m0/s1. The molecule has 0 spiro atoms. The molecular formula is C60H92N8O15. The predicted molar refractivity (Wildman–Crippen MR) is 304 cm³/mol. The van der Waals surface area contributed by atoms with E-state index >= 15 is 0 Å².